The number of nitrogens with one attached hydrogen (secondary N) is 2. The van der Waals surface area contributed by atoms with Gasteiger partial charge in [-0.2, -0.15) is 4.98 Å². The van der Waals surface area contributed by atoms with Crippen molar-refractivity contribution in [3.63, 3.8) is 0 Å². The number of carbonyl (C=O) groups is 3. The zero-order valence-electron chi connectivity index (χ0n) is 27.3. The van der Waals surface area contributed by atoms with Crippen LogP contribution >= 0.6 is 0 Å². The summed E-state index contributed by atoms with van der Waals surface area (Å²) in [6.07, 6.45) is 1.68. The summed E-state index contributed by atoms with van der Waals surface area (Å²) in [5, 5.41) is 15.5. The number of hydrogen-bond acceptors (Lipinski definition) is 8. The molecule has 13 heteroatoms. The Morgan fingerprint density at radius 1 is 1.11 bits per heavy atom. The minimum absolute atomic E-state index is 0.00885. The number of piperidine rings is 1. The van der Waals surface area contributed by atoms with Crippen molar-refractivity contribution >= 4 is 35.9 Å². The molecule has 11 nitrogen and oxygen atoms in total. The zero-order chi connectivity index (χ0) is 34.2. The molecule has 0 radical (unpaired) electrons. The van der Waals surface area contributed by atoms with Gasteiger partial charge in [-0.15, -0.1) is 0 Å². The Morgan fingerprint density at radius 3 is 2.26 bits per heavy atom. The number of carboxylic acids is 1. The number of nitrogens with zero attached hydrogens (tertiary/aromatic N) is 4. The van der Waals surface area contributed by atoms with Crippen LogP contribution in [0.3, 0.4) is 0 Å². The second-order valence-corrected chi connectivity index (χ2v) is 11.5. The maximum Gasteiger partial charge on any atom is 0.335 e. The smallest absolute Gasteiger partial charge is 0.335 e. The lowest BCUT2D eigenvalue weighted by Crippen LogP contribution is -2.44. The highest BCUT2D eigenvalue weighted by Gasteiger charge is 2.35. The minimum atomic E-state index is -1.10. The van der Waals surface area contributed by atoms with Crippen molar-refractivity contribution in [2.45, 2.75) is 72.6 Å². The molecule has 3 aromatic rings. The molecule has 0 unspecified atom stereocenters. The highest BCUT2D eigenvalue weighted by Crippen LogP contribution is 2.40. The second-order valence-electron chi connectivity index (χ2n) is 11.5. The molecule has 2 amide bonds. The molecule has 1 fully saturated rings. The topological polar surface area (TPSA) is 137 Å². The monoisotopic (exact) mass is 640 g/mol. The molecule has 2 aliphatic heterocycles. The SMILES string of the molecule is CC.CC(C)(C)OC=O.CNC1CCN(c2nc(-c3cc(C(=O)O)ccc3C)c3c(n2)N(c2c(F)cccc2F)C(=O)NC3)CC1. The molecule has 0 spiro atoms. The summed E-state index contributed by atoms with van der Waals surface area (Å²) in [7, 11) is 1.91. The first-order valence-corrected chi connectivity index (χ1v) is 15.2. The van der Waals surface area contributed by atoms with E-state index < -0.39 is 29.3 Å². The van der Waals surface area contributed by atoms with Gasteiger partial charge in [-0.1, -0.05) is 26.0 Å². The fourth-order valence-corrected chi connectivity index (χ4v) is 4.94. The van der Waals surface area contributed by atoms with Gasteiger partial charge in [0.1, 0.15) is 22.9 Å². The lowest BCUT2D eigenvalue weighted by molar-refractivity contribution is -0.138. The Kier molecular flexibility index (Phi) is 12.1. The van der Waals surface area contributed by atoms with E-state index in [4.69, 9.17) is 4.98 Å². The van der Waals surface area contributed by atoms with Crippen molar-refractivity contribution in [2.24, 2.45) is 0 Å². The van der Waals surface area contributed by atoms with E-state index in [1.807, 2.05) is 53.5 Å². The summed E-state index contributed by atoms with van der Waals surface area (Å²) in [5.74, 6) is -2.56. The second kappa shape index (κ2) is 15.6. The number of carbonyl (C=O) groups excluding carboxylic acids is 2. The number of halogens is 2. The number of urea groups is 1. The number of aromatic nitrogens is 2. The molecule has 2 aliphatic rings. The van der Waals surface area contributed by atoms with Gasteiger partial charge in [0, 0.05) is 30.3 Å². The maximum atomic E-state index is 14.9. The number of rotatable bonds is 6. The van der Waals surface area contributed by atoms with Crippen LogP contribution in [0.4, 0.5) is 31.0 Å². The molecule has 0 atom stereocenters. The third-order valence-electron chi connectivity index (χ3n) is 7.29. The maximum absolute atomic E-state index is 14.9. The molecule has 0 aliphatic carbocycles. The van der Waals surface area contributed by atoms with Gasteiger partial charge in [0.2, 0.25) is 5.95 Å². The van der Waals surface area contributed by atoms with Crippen molar-refractivity contribution < 1.29 is 33.0 Å². The number of fused-ring (bicyclic) bond motifs is 1. The number of ether oxygens (including phenoxy) is 1. The largest absolute Gasteiger partial charge is 0.478 e. The Labute approximate surface area is 268 Å². The normalized spacial score (nSPS) is 14.6. The number of benzene rings is 2. The summed E-state index contributed by atoms with van der Waals surface area (Å²) >= 11 is 0. The van der Waals surface area contributed by atoms with Gasteiger partial charge in [0.25, 0.3) is 6.47 Å². The molecule has 5 rings (SSSR count). The Balaban J connectivity index is 0.000000568. The van der Waals surface area contributed by atoms with Crippen molar-refractivity contribution in [1.82, 2.24) is 20.6 Å². The molecule has 2 aromatic carbocycles. The highest BCUT2D eigenvalue weighted by molar-refractivity contribution is 6.02. The van der Waals surface area contributed by atoms with Gasteiger partial charge in [0.15, 0.2) is 5.82 Å². The van der Waals surface area contributed by atoms with Crippen molar-refractivity contribution in [3.8, 4) is 11.3 Å². The van der Waals surface area contributed by atoms with Crippen LogP contribution in [-0.2, 0) is 16.1 Å². The van der Waals surface area contributed by atoms with Gasteiger partial charge in [-0.05, 0) is 77.4 Å². The lowest BCUT2D eigenvalue weighted by atomic mass is 9.97. The van der Waals surface area contributed by atoms with E-state index >= 15 is 0 Å². The molecule has 3 heterocycles. The van der Waals surface area contributed by atoms with Crippen LogP contribution < -0.4 is 20.4 Å². The molecule has 3 N–H and O–H groups in total. The number of aromatic carboxylic acids is 1. The standard InChI is InChI=1S/C26H26F2N6O3.C5H10O2.C2H6/c1-14-6-7-15(24(35)36)12-17(14)21-18-13-30-26(37)34(22-19(27)4-3-5-20(22)28)23(18)32-25(31-21)33-10-8-16(29-2)9-11-33;1-5(2,3)7-4-6;1-2/h3-7,12,16,29H,8-11,13H2,1-2H3,(H,30,37)(H,35,36);4H,1-3H3;1-2H3. The highest BCUT2D eigenvalue weighted by atomic mass is 19.1. The lowest BCUT2D eigenvalue weighted by Gasteiger charge is -2.35. The summed E-state index contributed by atoms with van der Waals surface area (Å²) in [5.41, 5.74) is 1.34. The van der Waals surface area contributed by atoms with Crippen LogP contribution in [0.1, 0.15) is 68.9 Å². The zero-order valence-corrected chi connectivity index (χ0v) is 27.3. The van der Waals surface area contributed by atoms with Gasteiger partial charge in [0.05, 0.1) is 17.8 Å². The fourth-order valence-electron chi connectivity index (χ4n) is 4.94. The number of para-hydroxylation sites is 1. The molecular formula is C33H42F2N6O5. The molecule has 1 saturated heterocycles. The number of aryl methyl sites for hydroxylation is 1. The predicted octanol–water partition coefficient (Wildman–Crippen LogP) is 5.96. The number of amides is 2. The third-order valence-corrected chi connectivity index (χ3v) is 7.29. The third kappa shape index (κ3) is 8.33. The summed E-state index contributed by atoms with van der Waals surface area (Å²) in [4.78, 5) is 46.7. The van der Waals surface area contributed by atoms with Crippen molar-refractivity contribution in [1.29, 1.82) is 0 Å². The van der Waals surface area contributed by atoms with E-state index in [0.29, 0.717) is 48.4 Å². The van der Waals surface area contributed by atoms with Gasteiger partial charge < -0.3 is 25.4 Å². The molecular weight excluding hydrogens is 598 g/mol. The first-order chi connectivity index (χ1) is 21.8. The summed E-state index contributed by atoms with van der Waals surface area (Å²) in [6, 6.07) is 7.69. The quantitative estimate of drug-likeness (QED) is 0.279. The van der Waals surface area contributed by atoms with E-state index in [1.54, 1.807) is 6.07 Å². The van der Waals surface area contributed by atoms with Crippen LogP contribution in [0, 0.1) is 18.6 Å². The Morgan fingerprint density at radius 2 is 1.74 bits per heavy atom. The minimum Gasteiger partial charge on any atom is -0.478 e. The Bertz CT molecular complexity index is 1530. The average Bonchev–Trinajstić information content (AvgIpc) is 3.02. The number of carboxylic acid groups (broad SMARTS) is 1. The van der Waals surface area contributed by atoms with E-state index in [1.165, 1.54) is 18.2 Å². The first kappa shape index (κ1) is 35.8. The van der Waals surface area contributed by atoms with Crippen LogP contribution in [-0.4, -0.2) is 65.3 Å². The first-order valence-electron chi connectivity index (χ1n) is 15.2. The van der Waals surface area contributed by atoms with Crippen LogP contribution in [0.5, 0.6) is 0 Å². The molecule has 1 aromatic heterocycles. The van der Waals surface area contributed by atoms with Crippen molar-refractivity contribution in [2.75, 3.05) is 29.9 Å². The van der Waals surface area contributed by atoms with E-state index in [2.05, 4.69) is 20.4 Å². The van der Waals surface area contributed by atoms with Crippen LogP contribution in [0.25, 0.3) is 11.3 Å². The summed E-state index contributed by atoms with van der Waals surface area (Å²) in [6.45, 7) is 13.0. The van der Waals surface area contributed by atoms with E-state index in [9.17, 15) is 28.3 Å². The van der Waals surface area contributed by atoms with Crippen LogP contribution in [0.15, 0.2) is 36.4 Å². The van der Waals surface area contributed by atoms with Gasteiger partial charge in [-0.3, -0.25) is 4.79 Å². The summed E-state index contributed by atoms with van der Waals surface area (Å²) < 4.78 is 34.3. The molecule has 248 valence electrons. The Hall–Kier alpha value is -4.65. The van der Waals surface area contributed by atoms with Gasteiger partial charge >= 0.3 is 12.0 Å². The van der Waals surface area contributed by atoms with E-state index in [0.717, 1.165) is 35.4 Å². The number of hydrogen-bond donors (Lipinski definition) is 3. The predicted molar refractivity (Wildman–Crippen MR) is 172 cm³/mol. The van der Waals surface area contributed by atoms with E-state index in [-0.39, 0.29) is 23.5 Å². The fraction of sp³-hybridized carbons (Fsp3) is 0.424. The molecule has 0 saturated carbocycles. The van der Waals surface area contributed by atoms with Gasteiger partial charge in [-0.25, -0.2) is 28.3 Å². The molecule has 0 bridgehead atoms. The van der Waals surface area contributed by atoms with Crippen molar-refractivity contribution in [3.05, 3.63) is 64.7 Å². The number of anilines is 3. The molecule has 46 heavy (non-hydrogen) atoms. The average molecular weight is 641 g/mol. The van der Waals surface area contributed by atoms with Crippen LogP contribution in [0.2, 0.25) is 0 Å².